The number of benzene rings is 1. The van der Waals surface area contributed by atoms with Gasteiger partial charge in [0, 0.05) is 0 Å². The average molecular weight is 194 g/mol. The molecule has 1 rings (SSSR count). The molecule has 0 aliphatic rings. The van der Waals surface area contributed by atoms with Crippen molar-refractivity contribution in [1.29, 1.82) is 0 Å². The van der Waals surface area contributed by atoms with Crippen LogP contribution in [0.1, 0.15) is 26.3 Å². The predicted octanol–water partition coefficient (Wildman–Crippen LogP) is 2.56. The van der Waals surface area contributed by atoms with Crippen molar-refractivity contribution in [2.75, 3.05) is 7.11 Å². The van der Waals surface area contributed by atoms with Crippen LogP contribution in [0.5, 0.6) is 5.75 Å². The Labute approximate surface area is 85.5 Å². The Bertz CT molecular complexity index is 303. The molecule has 0 radical (unpaired) electrons. The molecule has 0 saturated heterocycles. The van der Waals surface area contributed by atoms with E-state index in [9.17, 15) is 5.11 Å². The molecule has 1 aromatic rings. The molecule has 78 valence electrons. The van der Waals surface area contributed by atoms with Crippen LogP contribution in [0.2, 0.25) is 0 Å². The third kappa shape index (κ3) is 2.07. The van der Waals surface area contributed by atoms with Crippen molar-refractivity contribution in [3.05, 3.63) is 29.8 Å². The first-order valence-electron chi connectivity index (χ1n) is 4.85. The Hall–Kier alpha value is -1.02. The second-order valence-electron chi connectivity index (χ2n) is 4.03. The van der Waals surface area contributed by atoms with E-state index >= 15 is 0 Å². The van der Waals surface area contributed by atoms with Gasteiger partial charge in [-0.3, -0.25) is 0 Å². The van der Waals surface area contributed by atoms with E-state index in [1.54, 1.807) is 7.11 Å². The van der Waals surface area contributed by atoms with Gasteiger partial charge in [0.2, 0.25) is 0 Å². The van der Waals surface area contributed by atoms with Crippen molar-refractivity contribution in [2.45, 2.75) is 26.4 Å². The summed E-state index contributed by atoms with van der Waals surface area (Å²) in [6, 6.07) is 7.56. The van der Waals surface area contributed by atoms with E-state index in [0.717, 1.165) is 11.3 Å². The molecule has 1 unspecified atom stereocenters. The lowest BCUT2D eigenvalue weighted by atomic mass is 9.85. The van der Waals surface area contributed by atoms with Gasteiger partial charge in [0.25, 0.3) is 0 Å². The van der Waals surface area contributed by atoms with Crippen molar-refractivity contribution in [3.63, 3.8) is 0 Å². The van der Waals surface area contributed by atoms with E-state index < -0.39 is 5.60 Å². The molecule has 0 saturated carbocycles. The minimum absolute atomic E-state index is 0.176. The van der Waals surface area contributed by atoms with Gasteiger partial charge in [0.1, 0.15) is 5.75 Å². The highest BCUT2D eigenvalue weighted by Gasteiger charge is 2.27. The van der Waals surface area contributed by atoms with Crippen LogP contribution in [0.25, 0.3) is 0 Å². The number of rotatable bonds is 3. The van der Waals surface area contributed by atoms with Gasteiger partial charge in [-0.05, 0) is 30.5 Å². The van der Waals surface area contributed by atoms with Crippen LogP contribution in [-0.2, 0) is 5.60 Å². The molecule has 0 aromatic heterocycles. The summed E-state index contributed by atoms with van der Waals surface area (Å²) in [6.07, 6.45) is 0. The third-order valence-electron chi connectivity index (χ3n) is 2.78. The summed E-state index contributed by atoms with van der Waals surface area (Å²) >= 11 is 0. The zero-order valence-electron chi connectivity index (χ0n) is 9.24. The van der Waals surface area contributed by atoms with Crippen molar-refractivity contribution >= 4 is 0 Å². The Morgan fingerprint density at radius 2 is 2.00 bits per heavy atom. The van der Waals surface area contributed by atoms with Gasteiger partial charge in [-0.1, -0.05) is 26.0 Å². The van der Waals surface area contributed by atoms with Gasteiger partial charge in [-0.25, -0.2) is 0 Å². The topological polar surface area (TPSA) is 29.5 Å². The van der Waals surface area contributed by atoms with Crippen LogP contribution in [0, 0.1) is 5.92 Å². The summed E-state index contributed by atoms with van der Waals surface area (Å²) in [5, 5.41) is 10.2. The molecule has 1 atom stereocenters. The molecule has 0 bridgehead atoms. The van der Waals surface area contributed by atoms with E-state index in [1.165, 1.54) is 0 Å². The van der Waals surface area contributed by atoms with Crippen molar-refractivity contribution in [1.82, 2.24) is 0 Å². The Morgan fingerprint density at radius 3 is 2.50 bits per heavy atom. The molecule has 0 heterocycles. The quantitative estimate of drug-likeness (QED) is 0.801. The first kappa shape index (κ1) is 11.1. The minimum Gasteiger partial charge on any atom is -0.497 e. The molecule has 1 aromatic carbocycles. The lowest BCUT2D eigenvalue weighted by Gasteiger charge is -2.28. The van der Waals surface area contributed by atoms with E-state index in [-0.39, 0.29) is 5.92 Å². The van der Waals surface area contributed by atoms with Crippen LogP contribution >= 0.6 is 0 Å². The van der Waals surface area contributed by atoms with E-state index in [4.69, 9.17) is 4.74 Å². The fourth-order valence-corrected chi connectivity index (χ4v) is 1.27. The van der Waals surface area contributed by atoms with Crippen LogP contribution in [0.4, 0.5) is 0 Å². The smallest absolute Gasteiger partial charge is 0.119 e. The van der Waals surface area contributed by atoms with Crippen LogP contribution in [-0.4, -0.2) is 12.2 Å². The average Bonchev–Trinajstić information content (AvgIpc) is 2.17. The molecular formula is C12H18O2. The van der Waals surface area contributed by atoms with Gasteiger partial charge in [0.05, 0.1) is 12.7 Å². The molecule has 0 amide bonds. The molecule has 0 fully saturated rings. The van der Waals surface area contributed by atoms with Crippen molar-refractivity contribution in [2.24, 2.45) is 5.92 Å². The fraction of sp³-hybridized carbons (Fsp3) is 0.500. The maximum absolute atomic E-state index is 10.2. The van der Waals surface area contributed by atoms with Crippen molar-refractivity contribution in [3.8, 4) is 5.75 Å². The summed E-state index contributed by atoms with van der Waals surface area (Å²) in [7, 11) is 1.63. The fourth-order valence-electron chi connectivity index (χ4n) is 1.27. The summed E-state index contributed by atoms with van der Waals surface area (Å²) in [6.45, 7) is 5.82. The standard InChI is InChI=1S/C12H18O2/c1-9(2)12(3,13)10-6-5-7-11(8-10)14-4/h5-9,13H,1-4H3. The maximum atomic E-state index is 10.2. The summed E-state index contributed by atoms with van der Waals surface area (Å²) in [5.74, 6) is 0.957. The molecule has 0 aliphatic heterocycles. The van der Waals surface area contributed by atoms with Crippen LogP contribution in [0.3, 0.4) is 0 Å². The summed E-state index contributed by atoms with van der Waals surface area (Å²) < 4.78 is 5.12. The number of ether oxygens (including phenoxy) is 1. The van der Waals surface area contributed by atoms with E-state index in [1.807, 2.05) is 45.0 Å². The third-order valence-corrected chi connectivity index (χ3v) is 2.78. The maximum Gasteiger partial charge on any atom is 0.119 e. The Kier molecular flexibility index (Phi) is 3.17. The molecular weight excluding hydrogens is 176 g/mol. The first-order chi connectivity index (χ1) is 6.48. The lowest BCUT2D eigenvalue weighted by Crippen LogP contribution is -2.27. The van der Waals surface area contributed by atoms with Gasteiger partial charge < -0.3 is 9.84 Å². The molecule has 2 heteroatoms. The summed E-state index contributed by atoms with van der Waals surface area (Å²) in [5.41, 5.74) is 0.0981. The van der Waals surface area contributed by atoms with Crippen molar-refractivity contribution < 1.29 is 9.84 Å². The lowest BCUT2D eigenvalue weighted by molar-refractivity contribution is 0.00888. The normalized spacial score (nSPS) is 15.3. The van der Waals surface area contributed by atoms with Crippen LogP contribution in [0.15, 0.2) is 24.3 Å². The highest BCUT2D eigenvalue weighted by molar-refractivity contribution is 5.32. The zero-order valence-corrected chi connectivity index (χ0v) is 9.24. The summed E-state index contributed by atoms with van der Waals surface area (Å²) in [4.78, 5) is 0. The number of methoxy groups -OCH3 is 1. The number of hydrogen-bond donors (Lipinski definition) is 1. The van der Waals surface area contributed by atoms with Gasteiger partial charge in [0.15, 0.2) is 0 Å². The Balaban J connectivity index is 3.06. The molecule has 1 N–H and O–H groups in total. The monoisotopic (exact) mass is 194 g/mol. The van der Waals surface area contributed by atoms with E-state index in [2.05, 4.69) is 0 Å². The molecule has 0 spiro atoms. The van der Waals surface area contributed by atoms with E-state index in [0.29, 0.717) is 0 Å². The number of hydrogen-bond acceptors (Lipinski definition) is 2. The molecule has 14 heavy (non-hydrogen) atoms. The molecule has 2 nitrogen and oxygen atoms in total. The first-order valence-corrected chi connectivity index (χ1v) is 4.85. The van der Waals surface area contributed by atoms with Gasteiger partial charge >= 0.3 is 0 Å². The van der Waals surface area contributed by atoms with Gasteiger partial charge in [-0.15, -0.1) is 0 Å². The van der Waals surface area contributed by atoms with Crippen LogP contribution < -0.4 is 4.74 Å². The zero-order chi connectivity index (χ0) is 10.8. The molecule has 0 aliphatic carbocycles. The largest absolute Gasteiger partial charge is 0.497 e. The highest BCUT2D eigenvalue weighted by Crippen LogP contribution is 2.30. The number of aliphatic hydroxyl groups is 1. The minimum atomic E-state index is -0.797. The second kappa shape index (κ2) is 4.01. The van der Waals surface area contributed by atoms with Gasteiger partial charge in [-0.2, -0.15) is 0 Å². The SMILES string of the molecule is COc1cccc(C(C)(O)C(C)C)c1. The highest BCUT2D eigenvalue weighted by atomic mass is 16.5. The predicted molar refractivity (Wildman–Crippen MR) is 57.4 cm³/mol. The second-order valence-corrected chi connectivity index (χ2v) is 4.03. The Morgan fingerprint density at radius 1 is 1.36 bits per heavy atom.